The van der Waals surface area contributed by atoms with E-state index in [2.05, 4.69) is 17.3 Å². The van der Waals surface area contributed by atoms with Crippen LogP contribution in [0.25, 0.3) is 0 Å². The van der Waals surface area contributed by atoms with Crippen LogP contribution in [0.4, 0.5) is 5.82 Å². The van der Waals surface area contributed by atoms with Gasteiger partial charge in [0.1, 0.15) is 5.75 Å². The topological polar surface area (TPSA) is 159 Å². The molecule has 0 saturated heterocycles. The zero-order valence-corrected chi connectivity index (χ0v) is 25.1. The summed E-state index contributed by atoms with van der Waals surface area (Å²) in [6.45, 7) is 7.83. The molecule has 1 heterocycles. The highest BCUT2D eigenvalue weighted by atomic mass is 16.6. The molecule has 2 rings (SSSR count). The number of hydrogen-bond acceptors (Lipinski definition) is 9. The van der Waals surface area contributed by atoms with Gasteiger partial charge in [0.15, 0.2) is 5.60 Å². The molecule has 0 atom stereocenters. The second-order valence-corrected chi connectivity index (χ2v) is 10.6. The van der Waals surface area contributed by atoms with Crippen molar-refractivity contribution in [2.24, 2.45) is 0 Å². The number of anilines is 1. The first kappa shape index (κ1) is 34.2. The molecule has 0 amide bonds. The smallest absolute Gasteiger partial charge is 0.372 e. The number of carbonyl (C=O) groups is 3. The highest BCUT2D eigenvalue weighted by Gasteiger charge is 2.31. The lowest BCUT2D eigenvalue weighted by molar-refractivity contribution is -0.158. The maximum Gasteiger partial charge on any atom is 0.372 e. The number of nitrogens with one attached hydrogen (secondary N) is 1. The summed E-state index contributed by atoms with van der Waals surface area (Å²) < 4.78 is 13.0. The third-order valence-corrected chi connectivity index (χ3v) is 6.62. The van der Waals surface area contributed by atoms with Crippen molar-refractivity contribution < 1.29 is 29.0 Å². The molecule has 0 aliphatic heterocycles. The number of rotatable bonds is 20. The third-order valence-electron chi connectivity index (χ3n) is 6.62. The van der Waals surface area contributed by atoms with Gasteiger partial charge in [-0.15, -0.1) is 5.10 Å². The van der Waals surface area contributed by atoms with Crippen LogP contribution in [0.2, 0.25) is 0 Å². The highest BCUT2D eigenvalue weighted by molar-refractivity contribution is 6.32. The number of carboxylic acid groups (broad SMARTS) is 1. The molecule has 0 spiro atoms. The van der Waals surface area contributed by atoms with Crippen LogP contribution in [0.15, 0.2) is 33.9 Å². The Balaban J connectivity index is 2.03. The van der Waals surface area contributed by atoms with Gasteiger partial charge in [0.25, 0.3) is 5.56 Å². The lowest BCUT2D eigenvalue weighted by atomic mass is 10.1. The fourth-order valence-corrected chi connectivity index (χ4v) is 4.27. The molecule has 2 aromatic rings. The standard InChI is InChI=1S/C30H44N4O8/c1-5-7-8-9-12-19-33-26(36)25(32-34(29(33)40)20-17-24(35)27(37)38)31-18-11-10-14-22-15-13-16-23(21-22)42-30(3,4)28(39)41-6-2/h13,15-16,21H,5-12,14,17-20H2,1-4H3,(H,31,32)(H,37,38). The average molecular weight is 589 g/mol. The summed E-state index contributed by atoms with van der Waals surface area (Å²) in [5.41, 5.74) is -1.30. The number of ether oxygens (including phenoxy) is 2. The van der Waals surface area contributed by atoms with Crippen LogP contribution in [0.1, 0.15) is 84.6 Å². The predicted molar refractivity (Wildman–Crippen MR) is 158 cm³/mol. The molecule has 0 unspecified atom stereocenters. The van der Waals surface area contributed by atoms with Crippen molar-refractivity contribution in [1.82, 2.24) is 14.3 Å². The van der Waals surface area contributed by atoms with Crippen LogP contribution < -0.4 is 21.3 Å². The number of unbranched alkanes of at least 4 members (excludes halogenated alkanes) is 5. The Morgan fingerprint density at radius 2 is 1.74 bits per heavy atom. The van der Waals surface area contributed by atoms with E-state index in [-0.39, 0.29) is 25.5 Å². The van der Waals surface area contributed by atoms with Crippen molar-refractivity contribution in [3.05, 3.63) is 50.7 Å². The van der Waals surface area contributed by atoms with Crippen molar-refractivity contribution in [3.8, 4) is 5.75 Å². The van der Waals surface area contributed by atoms with Crippen LogP contribution in [0, 0.1) is 0 Å². The van der Waals surface area contributed by atoms with Crippen molar-refractivity contribution in [1.29, 1.82) is 0 Å². The molecule has 12 heteroatoms. The van der Waals surface area contributed by atoms with E-state index >= 15 is 0 Å². The lowest BCUT2D eigenvalue weighted by Crippen LogP contribution is -2.43. The second kappa shape index (κ2) is 17.1. The summed E-state index contributed by atoms with van der Waals surface area (Å²) in [4.78, 5) is 60.6. The van der Waals surface area contributed by atoms with E-state index in [0.717, 1.165) is 53.3 Å². The van der Waals surface area contributed by atoms with Gasteiger partial charge in [-0.05, 0) is 64.2 Å². The number of aromatic nitrogens is 3. The molecule has 1 aromatic heterocycles. The summed E-state index contributed by atoms with van der Waals surface area (Å²) in [6.07, 6.45) is 6.44. The number of nitrogens with zero attached hydrogens (tertiary/aromatic N) is 3. The van der Waals surface area contributed by atoms with Gasteiger partial charge in [0, 0.05) is 19.5 Å². The van der Waals surface area contributed by atoms with Gasteiger partial charge in [-0.2, -0.15) is 0 Å². The molecule has 0 fully saturated rings. The maximum absolute atomic E-state index is 13.1. The Morgan fingerprint density at radius 1 is 1.00 bits per heavy atom. The number of hydrogen-bond donors (Lipinski definition) is 2. The monoisotopic (exact) mass is 588 g/mol. The van der Waals surface area contributed by atoms with Crippen LogP contribution in [-0.4, -0.2) is 55.9 Å². The third kappa shape index (κ3) is 10.8. The van der Waals surface area contributed by atoms with Crippen molar-refractivity contribution in [2.75, 3.05) is 18.5 Å². The van der Waals surface area contributed by atoms with Gasteiger partial charge in [-0.3, -0.25) is 14.2 Å². The van der Waals surface area contributed by atoms with Gasteiger partial charge >= 0.3 is 17.6 Å². The van der Waals surface area contributed by atoms with Crippen LogP contribution in [0.3, 0.4) is 0 Å². The molecule has 42 heavy (non-hydrogen) atoms. The Kier molecular flexibility index (Phi) is 13.9. The molecule has 0 aliphatic carbocycles. The van der Waals surface area contributed by atoms with E-state index in [1.807, 2.05) is 18.2 Å². The zero-order chi connectivity index (χ0) is 31.1. The number of aryl methyl sites for hydroxylation is 2. The van der Waals surface area contributed by atoms with Gasteiger partial charge < -0.3 is 19.9 Å². The number of ketones is 1. The number of aliphatic carboxylic acids is 1. The van der Waals surface area contributed by atoms with E-state index in [9.17, 15) is 24.0 Å². The Labute approximate surface area is 246 Å². The van der Waals surface area contributed by atoms with Crippen LogP contribution in [0.5, 0.6) is 5.75 Å². The molecule has 0 radical (unpaired) electrons. The van der Waals surface area contributed by atoms with E-state index in [1.54, 1.807) is 26.8 Å². The van der Waals surface area contributed by atoms with Gasteiger partial charge in [0.2, 0.25) is 11.6 Å². The summed E-state index contributed by atoms with van der Waals surface area (Å²) in [5.74, 6) is -2.50. The molecule has 232 valence electrons. The number of esters is 1. The Morgan fingerprint density at radius 3 is 2.43 bits per heavy atom. The average Bonchev–Trinajstić information content (AvgIpc) is 2.94. The molecule has 12 nitrogen and oxygen atoms in total. The summed E-state index contributed by atoms with van der Waals surface area (Å²) in [6, 6.07) is 7.48. The molecular weight excluding hydrogens is 544 g/mol. The first-order valence-corrected chi connectivity index (χ1v) is 14.7. The minimum atomic E-state index is -1.58. The Hall–Kier alpha value is -3.96. The fourth-order valence-electron chi connectivity index (χ4n) is 4.27. The van der Waals surface area contributed by atoms with Crippen LogP contribution >= 0.6 is 0 Å². The zero-order valence-electron chi connectivity index (χ0n) is 25.1. The highest BCUT2D eigenvalue weighted by Crippen LogP contribution is 2.22. The van der Waals surface area contributed by atoms with Gasteiger partial charge in [-0.1, -0.05) is 44.7 Å². The lowest BCUT2D eigenvalue weighted by Gasteiger charge is -2.24. The molecule has 1 aromatic carbocycles. The number of benzene rings is 1. The van der Waals surface area contributed by atoms with Crippen molar-refractivity contribution in [3.63, 3.8) is 0 Å². The molecule has 0 bridgehead atoms. The predicted octanol–water partition coefficient (Wildman–Crippen LogP) is 3.57. The van der Waals surface area contributed by atoms with Crippen molar-refractivity contribution >= 4 is 23.5 Å². The SMILES string of the molecule is CCCCCCCn1c(=O)c(NCCCCc2cccc(OC(C)(C)C(=O)OCC)c2)nn(CCC(=O)C(=O)O)c1=O. The quantitative estimate of drug-likeness (QED) is 0.133. The number of Topliss-reactive ketones (excluding diaryl/α,β-unsaturated/α-hetero) is 1. The van der Waals surface area contributed by atoms with E-state index in [4.69, 9.17) is 14.6 Å². The largest absolute Gasteiger partial charge is 0.476 e. The van der Waals surface area contributed by atoms with Crippen molar-refractivity contribution in [2.45, 2.75) is 104 Å². The fraction of sp³-hybridized carbons (Fsp3) is 0.600. The second-order valence-electron chi connectivity index (χ2n) is 10.6. The molecule has 0 aliphatic rings. The number of carboxylic acids is 1. The van der Waals surface area contributed by atoms with E-state index in [1.165, 1.54) is 0 Å². The van der Waals surface area contributed by atoms with Gasteiger partial charge in [-0.25, -0.2) is 19.1 Å². The van der Waals surface area contributed by atoms with Gasteiger partial charge in [0.05, 0.1) is 13.2 Å². The Bertz CT molecular complexity index is 1320. The summed E-state index contributed by atoms with van der Waals surface area (Å²) >= 11 is 0. The van der Waals surface area contributed by atoms with Crippen LogP contribution in [-0.2, 0) is 38.6 Å². The minimum absolute atomic E-state index is 0.0115. The first-order valence-electron chi connectivity index (χ1n) is 14.7. The molecule has 0 saturated carbocycles. The number of carbonyl (C=O) groups excluding carboxylic acids is 2. The normalized spacial score (nSPS) is 11.2. The molecular formula is C30H44N4O8. The van der Waals surface area contributed by atoms with E-state index < -0.39 is 41.0 Å². The molecule has 2 N–H and O–H groups in total. The minimum Gasteiger partial charge on any atom is -0.476 e. The first-order chi connectivity index (χ1) is 20.0. The van der Waals surface area contributed by atoms with E-state index in [0.29, 0.717) is 25.1 Å². The summed E-state index contributed by atoms with van der Waals surface area (Å²) in [7, 11) is 0. The summed E-state index contributed by atoms with van der Waals surface area (Å²) in [5, 5.41) is 16.0. The maximum atomic E-state index is 13.1.